The summed E-state index contributed by atoms with van der Waals surface area (Å²) in [6.07, 6.45) is 3.76. The predicted molar refractivity (Wildman–Crippen MR) is 117 cm³/mol. The lowest BCUT2D eigenvalue weighted by Crippen LogP contribution is -2.28. The first-order valence-corrected chi connectivity index (χ1v) is 10.4. The van der Waals surface area contributed by atoms with E-state index in [0.29, 0.717) is 17.2 Å². The van der Waals surface area contributed by atoms with E-state index in [1.807, 2.05) is 37.4 Å². The molecule has 0 aliphatic heterocycles. The second-order valence-electron chi connectivity index (χ2n) is 7.42. The minimum absolute atomic E-state index is 0.130. The molecule has 2 aromatic heterocycles. The van der Waals surface area contributed by atoms with Crippen molar-refractivity contribution in [3.63, 3.8) is 0 Å². The largest absolute Gasteiger partial charge is 0.348 e. The standard InChI is InChI=1S/C22H26BrN3O2/c1-5-6-15-9-14(4)25-22(28)19(15)12-24-21(27)18-10-16(23)11-20-17(18)7-8-26(20)13(2)3/h7-11,13H,5-6,12H2,1-4H3,(H,24,27)(H,25,28). The number of fused-ring (bicyclic) bond motifs is 1. The highest BCUT2D eigenvalue weighted by Gasteiger charge is 2.16. The SMILES string of the molecule is CCCc1cc(C)[nH]c(=O)c1CNC(=O)c1cc(Br)cc2c1ccn2C(C)C. The molecule has 148 valence electrons. The number of hydrogen-bond donors (Lipinski definition) is 2. The number of rotatable bonds is 6. The minimum atomic E-state index is -0.185. The summed E-state index contributed by atoms with van der Waals surface area (Å²) in [6.45, 7) is 8.39. The molecule has 1 amide bonds. The third-order valence-electron chi connectivity index (χ3n) is 4.91. The maximum atomic E-state index is 13.0. The summed E-state index contributed by atoms with van der Waals surface area (Å²) in [7, 11) is 0. The van der Waals surface area contributed by atoms with Crippen LogP contribution in [-0.2, 0) is 13.0 Å². The molecule has 2 heterocycles. The number of nitrogens with one attached hydrogen (secondary N) is 2. The lowest BCUT2D eigenvalue weighted by molar-refractivity contribution is 0.0952. The molecular weight excluding hydrogens is 418 g/mol. The lowest BCUT2D eigenvalue weighted by Gasteiger charge is -2.13. The normalized spacial score (nSPS) is 11.4. The molecule has 0 saturated carbocycles. The Morgan fingerprint density at radius 1 is 1.29 bits per heavy atom. The van der Waals surface area contributed by atoms with Crippen molar-refractivity contribution in [3.8, 4) is 0 Å². The monoisotopic (exact) mass is 443 g/mol. The van der Waals surface area contributed by atoms with Crippen LogP contribution in [0.15, 0.2) is 39.7 Å². The Morgan fingerprint density at radius 3 is 2.71 bits per heavy atom. The Hall–Kier alpha value is -2.34. The first-order chi connectivity index (χ1) is 13.3. The molecule has 0 atom stereocenters. The molecule has 3 aromatic rings. The second kappa shape index (κ2) is 8.35. The lowest BCUT2D eigenvalue weighted by atomic mass is 10.0. The van der Waals surface area contributed by atoms with Gasteiger partial charge in [-0.15, -0.1) is 0 Å². The van der Waals surface area contributed by atoms with Gasteiger partial charge in [-0.05, 0) is 57.0 Å². The molecule has 6 heteroatoms. The molecule has 0 fully saturated rings. The zero-order valence-electron chi connectivity index (χ0n) is 16.7. The molecule has 0 spiro atoms. The second-order valence-corrected chi connectivity index (χ2v) is 8.34. The summed E-state index contributed by atoms with van der Waals surface area (Å²) < 4.78 is 2.99. The van der Waals surface area contributed by atoms with E-state index in [0.717, 1.165) is 39.5 Å². The van der Waals surface area contributed by atoms with Crippen molar-refractivity contribution in [2.45, 2.75) is 53.1 Å². The van der Waals surface area contributed by atoms with Crippen molar-refractivity contribution in [2.75, 3.05) is 0 Å². The molecule has 0 aliphatic rings. The van der Waals surface area contributed by atoms with Gasteiger partial charge in [0.1, 0.15) is 0 Å². The third kappa shape index (κ3) is 4.07. The Balaban J connectivity index is 1.92. The maximum absolute atomic E-state index is 13.0. The number of halogens is 1. The van der Waals surface area contributed by atoms with Crippen LogP contribution in [0, 0.1) is 6.92 Å². The summed E-state index contributed by atoms with van der Waals surface area (Å²) in [5, 5.41) is 3.85. The van der Waals surface area contributed by atoms with E-state index in [1.54, 1.807) is 0 Å². The number of hydrogen-bond acceptors (Lipinski definition) is 2. The number of pyridine rings is 1. The minimum Gasteiger partial charge on any atom is -0.348 e. The van der Waals surface area contributed by atoms with Crippen LogP contribution >= 0.6 is 15.9 Å². The van der Waals surface area contributed by atoms with Crippen molar-refractivity contribution >= 4 is 32.7 Å². The van der Waals surface area contributed by atoms with Gasteiger partial charge in [-0.25, -0.2) is 0 Å². The molecule has 1 aromatic carbocycles. The molecule has 0 aliphatic carbocycles. The van der Waals surface area contributed by atoms with Gasteiger partial charge in [0.05, 0.1) is 5.52 Å². The highest BCUT2D eigenvalue weighted by atomic mass is 79.9. The van der Waals surface area contributed by atoms with Crippen molar-refractivity contribution < 1.29 is 4.79 Å². The van der Waals surface area contributed by atoms with E-state index >= 15 is 0 Å². The van der Waals surface area contributed by atoms with Gasteiger partial charge in [0, 0.05) is 45.5 Å². The van der Waals surface area contributed by atoms with Gasteiger partial charge >= 0.3 is 0 Å². The number of aryl methyl sites for hydroxylation is 2. The van der Waals surface area contributed by atoms with E-state index in [4.69, 9.17) is 0 Å². The summed E-state index contributed by atoms with van der Waals surface area (Å²) in [5.74, 6) is -0.185. The zero-order valence-corrected chi connectivity index (χ0v) is 18.3. The number of benzene rings is 1. The number of aromatic nitrogens is 2. The Morgan fingerprint density at radius 2 is 2.04 bits per heavy atom. The van der Waals surface area contributed by atoms with Gasteiger partial charge in [-0.3, -0.25) is 9.59 Å². The van der Waals surface area contributed by atoms with Crippen molar-refractivity contribution in [1.29, 1.82) is 0 Å². The summed E-state index contributed by atoms with van der Waals surface area (Å²) in [5.41, 5.74) is 3.95. The highest BCUT2D eigenvalue weighted by Crippen LogP contribution is 2.27. The molecule has 0 radical (unpaired) electrons. The Labute approximate surface area is 173 Å². The summed E-state index contributed by atoms with van der Waals surface area (Å²) in [4.78, 5) is 28.2. The molecule has 2 N–H and O–H groups in total. The molecular formula is C22H26BrN3O2. The van der Waals surface area contributed by atoms with Crippen LogP contribution in [0.1, 0.15) is 60.4 Å². The van der Waals surface area contributed by atoms with Crippen molar-refractivity contribution in [1.82, 2.24) is 14.9 Å². The zero-order chi connectivity index (χ0) is 20.4. The van der Waals surface area contributed by atoms with Gasteiger partial charge in [-0.1, -0.05) is 29.3 Å². The fourth-order valence-corrected chi connectivity index (χ4v) is 4.05. The number of aromatic amines is 1. The van der Waals surface area contributed by atoms with E-state index in [1.165, 1.54) is 0 Å². The summed E-state index contributed by atoms with van der Waals surface area (Å²) in [6, 6.07) is 8.11. The number of nitrogens with zero attached hydrogens (tertiary/aromatic N) is 1. The predicted octanol–water partition coefficient (Wildman–Crippen LogP) is 4.86. The molecule has 28 heavy (non-hydrogen) atoms. The first-order valence-electron chi connectivity index (χ1n) is 9.61. The molecule has 0 saturated heterocycles. The number of carbonyl (C=O) groups excluding carboxylic acids is 1. The number of carbonyl (C=O) groups is 1. The van der Waals surface area contributed by atoms with Crippen LogP contribution in [0.5, 0.6) is 0 Å². The molecule has 0 unspecified atom stereocenters. The van der Waals surface area contributed by atoms with Crippen LogP contribution < -0.4 is 10.9 Å². The van der Waals surface area contributed by atoms with Crippen molar-refractivity contribution in [3.05, 3.63) is 67.7 Å². The smallest absolute Gasteiger partial charge is 0.253 e. The van der Waals surface area contributed by atoms with Crippen LogP contribution in [0.3, 0.4) is 0 Å². The third-order valence-corrected chi connectivity index (χ3v) is 5.37. The number of amides is 1. The number of H-pyrrole nitrogens is 1. The molecule has 0 bridgehead atoms. The fourth-order valence-electron chi connectivity index (χ4n) is 3.60. The van der Waals surface area contributed by atoms with Gasteiger partial charge in [0.15, 0.2) is 0 Å². The highest BCUT2D eigenvalue weighted by molar-refractivity contribution is 9.10. The quantitative estimate of drug-likeness (QED) is 0.570. The van der Waals surface area contributed by atoms with E-state index in [-0.39, 0.29) is 18.0 Å². The van der Waals surface area contributed by atoms with Crippen LogP contribution in [0.4, 0.5) is 0 Å². The topological polar surface area (TPSA) is 66.9 Å². The fraction of sp³-hybridized carbons (Fsp3) is 0.364. The Kier molecular flexibility index (Phi) is 6.08. The first kappa shape index (κ1) is 20.4. The van der Waals surface area contributed by atoms with E-state index < -0.39 is 0 Å². The van der Waals surface area contributed by atoms with Crippen LogP contribution in [-0.4, -0.2) is 15.5 Å². The maximum Gasteiger partial charge on any atom is 0.253 e. The van der Waals surface area contributed by atoms with Crippen LogP contribution in [0.25, 0.3) is 10.9 Å². The van der Waals surface area contributed by atoms with Gasteiger partial charge in [0.2, 0.25) is 0 Å². The van der Waals surface area contributed by atoms with Gasteiger partial charge in [0.25, 0.3) is 11.5 Å². The van der Waals surface area contributed by atoms with E-state index in [2.05, 4.69) is 51.6 Å². The average Bonchev–Trinajstić information content (AvgIpc) is 3.04. The van der Waals surface area contributed by atoms with Crippen molar-refractivity contribution in [2.24, 2.45) is 0 Å². The van der Waals surface area contributed by atoms with Gasteiger partial charge in [-0.2, -0.15) is 0 Å². The average molecular weight is 444 g/mol. The van der Waals surface area contributed by atoms with Crippen LogP contribution in [0.2, 0.25) is 0 Å². The molecule has 3 rings (SSSR count). The molecule has 5 nitrogen and oxygen atoms in total. The van der Waals surface area contributed by atoms with E-state index in [9.17, 15) is 9.59 Å². The Bertz CT molecular complexity index is 1080. The van der Waals surface area contributed by atoms with Gasteiger partial charge < -0.3 is 14.9 Å². The summed E-state index contributed by atoms with van der Waals surface area (Å²) >= 11 is 3.52.